The molecule has 0 spiro atoms. The molecule has 4 nitrogen and oxygen atoms in total. The minimum absolute atomic E-state index is 0.109. The van der Waals surface area contributed by atoms with Gasteiger partial charge in [-0.3, -0.25) is 4.79 Å². The van der Waals surface area contributed by atoms with Gasteiger partial charge in [0.15, 0.2) is 0 Å². The van der Waals surface area contributed by atoms with Gasteiger partial charge in [-0.15, -0.1) is 0 Å². The van der Waals surface area contributed by atoms with Crippen LogP contribution in [-0.2, 0) is 0 Å². The maximum absolute atomic E-state index is 14.0. The van der Waals surface area contributed by atoms with Gasteiger partial charge in [-0.2, -0.15) is 8.78 Å². The molecule has 0 bridgehead atoms. The SMILES string of the molecule is Cc1cc(F)c(-c2nc(C)n(C(F)F)c(=O)c2Cl)cc1O. The monoisotopic (exact) mass is 318 g/mol. The van der Waals surface area contributed by atoms with Gasteiger partial charge in [0.25, 0.3) is 5.56 Å². The number of halogens is 4. The van der Waals surface area contributed by atoms with Gasteiger partial charge >= 0.3 is 6.55 Å². The van der Waals surface area contributed by atoms with Crippen molar-refractivity contribution in [3.63, 3.8) is 0 Å². The van der Waals surface area contributed by atoms with E-state index in [9.17, 15) is 23.1 Å². The fourth-order valence-electron chi connectivity index (χ4n) is 1.87. The van der Waals surface area contributed by atoms with Crippen molar-refractivity contribution in [3.05, 3.63) is 44.7 Å². The molecule has 0 aliphatic heterocycles. The summed E-state index contributed by atoms with van der Waals surface area (Å²) in [7, 11) is 0. The molecule has 1 N–H and O–H groups in total. The Morgan fingerprint density at radius 3 is 2.52 bits per heavy atom. The highest BCUT2D eigenvalue weighted by Crippen LogP contribution is 2.31. The number of phenols is 1. The lowest BCUT2D eigenvalue weighted by Crippen LogP contribution is -2.25. The van der Waals surface area contributed by atoms with Gasteiger partial charge in [-0.25, -0.2) is 13.9 Å². The molecule has 0 aliphatic rings. The van der Waals surface area contributed by atoms with E-state index in [2.05, 4.69) is 4.98 Å². The Labute approximate surface area is 122 Å². The quantitative estimate of drug-likeness (QED) is 0.923. The largest absolute Gasteiger partial charge is 0.508 e. The molecule has 1 aromatic heterocycles. The molecule has 8 heteroatoms. The third-order valence-electron chi connectivity index (χ3n) is 2.97. The van der Waals surface area contributed by atoms with Crippen LogP contribution in [-0.4, -0.2) is 14.7 Å². The van der Waals surface area contributed by atoms with E-state index in [0.29, 0.717) is 0 Å². The molecule has 0 atom stereocenters. The van der Waals surface area contributed by atoms with Gasteiger partial charge in [0, 0.05) is 5.56 Å². The number of aryl methyl sites for hydroxylation is 2. The maximum atomic E-state index is 14.0. The van der Waals surface area contributed by atoms with E-state index < -0.39 is 22.9 Å². The number of benzene rings is 1. The second-order valence-corrected chi connectivity index (χ2v) is 4.77. The summed E-state index contributed by atoms with van der Waals surface area (Å²) in [5, 5.41) is 8.98. The van der Waals surface area contributed by atoms with Crippen LogP contribution in [0.25, 0.3) is 11.3 Å². The number of alkyl halides is 2. The summed E-state index contributed by atoms with van der Waals surface area (Å²) in [6.07, 6.45) is 0. The van der Waals surface area contributed by atoms with E-state index in [1.54, 1.807) is 0 Å². The number of hydrogen-bond acceptors (Lipinski definition) is 3. The summed E-state index contributed by atoms with van der Waals surface area (Å²) in [4.78, 5) is 15.6. The van der Waals surface area contributed by atoms with Crippen LogP contribution >= 0.6 is 11.6 Å². The molecular weight excluding hydrogens is 309 g/mol. The van der Waals surface area contributed by atoms with E-state index in [4.69, 9.17) is 11.6 Å². The number of hydrogen-bond donors (Lipinski definition) is 1. The molecule has 0 saturated heterocycles. The summed E-state index contributed by atoms with van der Waals surface area (Å²) in [6, 6.07) is 2.08. The third-order valence-corrected chi connectivity index (χ3v) is 3.31. The zero-order valence-electron chi connectivity index (χ0n) is 11.0. The van der Waals surface area contributed by atoms with Gasteiger partial charge in [-0.1, -0.05) is 11.6 Å². The van der Waals surface area contributed by atoms with Gasteiger partial charge in [0.05, 0.1) is 5.69 Å². The van der Waals surface area contributed by atoms with E-state index in [-0.39, 0.29) is 33.0 Å². The summed E-state index contributed by atoms with van der Waals surface area (Å²) in [5.41, 5.74) is -1.41. The first kappa shape index (κ1) is 15.4. The van der Waals surface area contributed by atoms with E-state index >= 15 is 0 Å². The minimum atomic E-state index is -3.10. The molecule has 21 heavy (non-hydrogen) atoms. The predicted octanol–water partition coefficient (Wildman–Crippen LogP) is 3.42. The molecule has 112 valence electrons. The Morgan fingerprint density at radius 2 is 1.95 bits per heavy atom. The lowest BCUT2D eigenvalue weighted by atomic mass is 10.1. The summed E-state index contributed by atoms with van der Waals surface area (Å²) in [6.45, 7) is -0.441. The number of nitrogens with zero attached hydrogens (tertiary/aromatic N) is 2. The fraction of sp³-hybridized carbons (Fsp3) is 0.231. The van der Waals surface area contributed by atoms with Crippen molar-refractivity contribution in [2.24, 2.45) is 0 Å². The third kappa shape index (κ3) is 2.61. The standard InChI is InChI=1S/C13H10ClF3N2O2/c1-5-3-8(15)7(4-9(5)20)11-10(14)12(21)19(13(16)17)6(2)18-11/h3-4,13,20H,1-2H3. The average Bonchev–Trinajstić information content (AvgIpc) is 2.38. The van der Waals surface area contributed by atoms with Crippen LogP contribution in [0, 0.1) is 19.7 Å². The summed E-state index contributed by atoms with van der Waals surface area (Å²) < 4.78 is 39.6. The number of aromatic hydroxyl groups is 1. The van der Waals surface area contributed by atoms with Crippen molar-refractivity contribution in [1.29, 1.82) is 0 Å². The summed E-state index contributed by atoms with van der Waals surface area (Å²) in [5.74, 6) is -1.30. The fourth-order valence-corrected chi connectivity index (χ4v) is 2.10. The first-order valence-electron chi connectivity index (χ1n) is 5.80. The highest BCUT2D eigenvalue weighted by Gasteiger charge is 2.21. The lowest BCUT2D eigenvalue weighted by molar-refractivity contribution is 0.0628. The van der Waals surface area contributed by atoms with Crippen LogP contribution in [0.1, 0.15) is 17.9 Å². The second kappa shape index (κ2) is 5.40. The molecule has 1 aromatic carbocycles. The highest BCUT2D eigenvalue weighted by molar-refractivity contribution is 6.32. The average molecular weight is 319 g/mol. The topological polar surface area (TPSA) is 55.1 Å². The van der Waals surface area contributed by atoms with Crippen LogP contribution in [0.5, 0.6) is 5.75 Å². The van der Waals surface area contributed by atoms with Gasteiger partial charge in [0.2, 0.25) is 0 Å². The van der Waals surface area contributed by atoms with Crippen LogP contribution in [0.2, 0.25) is 5.02 Å². The maximum Gasteiger partial charge on any atom is 0.322 e. The molecule has 2 rings (SSSR count). The Morgan fingerprint density at radius 1 is 1.33 bits per heavy atom. The zero-order valence-corrected chi connectivity index (χ0v) is 11.7. The van der Waals surface area contributed by atoms with Crippen molar-refractivity contribution in [2.45, 2.75) is 20.4 Å². The Hall–Kier alpha value is -2.02. The number of aromatic nitrogens is 2. The number of phenolic OH excluding ortho intramolecular Hbond substituents is 1. The molecule has 0 amide bonds. The van der Waals surface area contributed by atoms with Crippen LogP contribution in [0.15, 0.2) is 16.9 Å². The zero-order chi connectivity index (χ0) is 15.9. The van der Waals surface area contributed by atoms with Gasteiger partial charge in [0.1, 0.15) is 22.4 Å². The number of rotatable bonds is 2. The Kier molecular flexibility index (Phi) is 3.95. The van der Waals surface area contributed by atoms with E-state index in [0.717, 1.165) is 12.1 Å². The lowest BCUT2D eigenvalue weighted by Gasteiger charge is -2.12. The molecule has 0 unspecified atom stereocenters. The molecule has 0 radical (unpaired) electrons. The minimum Gasteiger partial charge on any atom is -0.508 e. The summed E-state index contributed by atoms with van der Waals surface area (Å²) >= 11 is 5.74. The molecule has 0 saturated carbocycles. The normalized spacial score (nSPS) is 11.2. The van der Waals surface area contributed by atoms with Crippen LogP contribution < -0.4 is 5.56 Å². The van der Waals surface area contributed by atoms with Crippen molar-refractivity contribution >= 4 is 11.6 Å². The van der Waals surface area contributed by atoms with Gasteiger partial charge < -0.3 is 5.11 Å². The first-order valence-corrected chi connectivity index (χ1v) is 6.18. The predicted molar refractivity (Wildman–Crippen MR) is 71.3 cm³/mol. The Balaban J connectivity index is 2.78. The van der Waals surface area contributed by atoms with E-state index in [1.807, 2.05) is 0 Å². The van der Waals surface area contributed by atoms with E-state index in [1.165, 1.54) is 13.8 Å². The van der Waals surface area contributed by atoms with Crippen molar-refractivity contribution < 1.29 is 18.3 Å². The smallest absolute Gasteiger partial charge is 0.322 e. The van der Waals surface area contributed by atoms with Crippen molar-refractivity contribution in [3.8, 4) is 17.0 Å². The molecule has 1 heterocycles. The first-order chi connectivity index (χ1) is 9.73. The molecule has 0 aliphatic carbocycles. The Bertz CT molecular complexity index is 775. The molecular formula is C13H10ClF3N2O2. The van der Waals surface area contributed by atoms with Crippen molar-refractivity contribution in [2.75, 3.05) is 0 Å². The molecule has 2 aromatic rings. The highest BCUT2D eigenvalue weighted by atomic mass is 35.5. The van der Waals surface area contributed by atoms with Gasteiger partial charge in [-0.05, 0) is 31.5 Å². The molecule has 0 fully saturated rings. The second-order valence-electron chi connectivity index (χ2n) is 4.39. The van der Waals surface area contributed by atoms with Crippen molar-refractivity contribution in [1.82, 2.24) is 9.55 Å². The van der Waals surface area contributed by atoms with Crippen LogP contribution in [0.3, 0.4) is 0 Å². The van der Waals surface area contributed by atoms with Crippen LogP contribution in [0.4, 0.5) is 13.2 Å².